The minimum atomic E-state index is -0.815. The Balaban J connectivity index is 1.99. The lowest BCUT2D eigenvalue weighted by Crippen LogP contribution is -2.42. The number of likely N-dealkylation sites (tertiary alicyclic amines) is 1. The van der Waals surface area contributed by atoms with Gasteiger partial charge in [0.15, 0.2) is 0 Å². The summed E-state index contributed by atoms with van der Waals surface area (Å²) in [6.45, 7) is 2.40. The zero-order valence-corrected chi connectivity index (χ0v) is 7.36. The third kappa shape index (κ3) is 1.22. The minimum Gasteiger partial charge on any atom is -0.384 e. The molecule has 2 fully saturated rings. The van der Waals surface area contributed by atoms with E-state index in [0.29, 0.717) is 6.04 Å². The number of rotatable bonds is 1. The highest BCUT2D eigenvalue weighted by Crippen LogP contribution is 2.43. The lowest BCUT2D eigenvalue weighted by atomic mass is 10.1. The number of amides is 1. The monoisotopic (exact) mass is 169 g/mol. The molecular weight excluding hydrogens is 154 g/mol. The second-order valence-corrected chi connectivity index (χ2v) is 3.91. The fraction of sp³-hybridized carbons (Fsp3) is 0.889. The average Bonchev–Trinajstić information content (AvgIpc) is 2.80. The summed E-state index contributed by atoms with van der Waals surface area (Å²) in [7, 11) is 0. The maximum atomic E-state index is 11.4. The summed E-state index contributed by atoms with van der Waals surface area (Å²) < 4.78 is 0. The fourth-order valence-electron chi connectivity index (χ4n) is 2.13. The van der Waals surface area contributed by atoms with Crippen molar-refractivity contribution < 1.29 is 9.90 Å². The highest BCUT2D eigenvalue weighted by molar-refractivity contribution is 5.81. The molecule has 3 nitrogen and oxygen atoms in total. The van der Waals surface area contributed by atoms with E-state index in [1.807, 2.05) is 4.90 Å². The Bertz CT molecular complexity index is 203. The van der Waals surface area contributed by atoms with Gasteiger partial charge in [-0.15, -0.1) is 0 Å². The summed E-state index contributed by atoms with van der Waals surface area (Å²) in [6, 6.07) is 0.473. The van der Waals surface area contributed by atoms with Crippen LogP contribution in [0.5, 0.6) is 0 Å². The fourth-order valence-corrected chi connectivity index (χ4v) is 2.13. The zero-order chi connectivity index (χ0) is 8.72. The van der Waals surface area contributed by atoms with Gasteiger partial charge in [0.1, 0.15) is 6.10 Å². The first-order valence-corrected chi connectivity index (χ1v) is 4.68. The molecule has 1 heterocycles. The molecule has 0 bridgehead atoms. The van der Waals surface area contributed by atoms with Crippen LogP contribution in [0.1, 0.15) is 26.2 Å². The molecule has 2 aliphatic rings. The quantitative estimate of drug-likeness (QED) is 0.616. The molecule has 68 valence electrons. The van der Waals surface area contributed by atoms with Crippen LogP contribution in [0.15, 0.2) is 0 Å². The number of carbonyl (C=O) groups is 1. The van der Waals surface area contributed by atoms with Gasteiger partial charge in [0.25, 0.3) is 5.91 Å². The summed E-state index contributed by atoms with van der Waals surface area (Å²) >= 11 is 0. The van der Waals surface area contributed by atoms with Gasteiger partial charge in [-0.3, -0.25) is 4.79 Å². The highest BCUT2D eigenvalue weighted by atomic mass is 16.3. The van der Waals surface area contributed by atoms with Gasteiger partial charge in [-0.25, -0.2) is 0 Å². The second-order valence-electron chi connectivity index (χ2n) is 3.91. The van der Waals surface area contributed by atoms with Crippen LogP contribution in [0.3, 0.4) is 0 Å². The van der Waals surface area contributed by atoms with E-state index in [2.05, 4.69) is 0 Å². The van der Waals surface area contributed by atoms with Gasteiger partial charge >= 0.3 is 0 Å². The molecule has 1 aliphatic carbocycles. The van der Waals surface area contributed by atoms with E-state index in [0.717, 1.165) is 18.9 Å². The summed E-state index contributed by atoms with van der Waals surface area (Å²) in [5, 5.41) is 9.12. The zero-order valence-electron chi connectivity index (χ0n) is 7.36. The molecule has 0 aromatic rings. The molecular formula is C9H15NO2. The third-order valence-electron chi connectivity index (χ3n) is 2.90. The predicted molar refractivity (Wildman–Crippen MR) is 44.5 cm³/mol. The summed E-state index contributed by atoms with van der Waals surface area (Å²) in [4.78, 5) is 13.3. The normalized spacial score (nSPS) is 35.7. The molecule has 1 N–H and O–H groups in total. The van der Waals surface area contributed by atoms with E-state index in [-0.39, 0.29) is 5.91 Å². The van der Waals surface area contributed by atoms with Crippen molar-refractivity contribution in [2.45, 2.75) is 38.3 Å². The Labute approximate surface area is 72.4 Å². The molecule has 12 heavy (non-hydrogen) atoms. The smallest absolute Gasteiger partial charge is 0.251 e. The van der Waals surface area contributed by atoms with Crippen molar-refractivity contribution in [3.8, 4) is 0 Å². The van der Waals surface area contributed by atoms with Gasteiger partial charge in [-0.2, -0.15) is 0 Å². The van der Waals surface area contributed by atoms with Crippen LogP contribution >= 0.6 is 0 Å². The molecule has 2 rings (SSSR count). The molecule has 0 spiro atoms. The van der Waals surface area contributed by atoms with Crippen molar-refractivity contribution in [1.29, 1.82) is 0 Å². The van der Waals surface area contributed by atoms with Crippen molar-refractivity contribution in [1.82, 2.24) is 4.90 Å². The Morgan fingerprint density at radius 3 is 3.08 bits per heavy atom. The molecule has 1 amide bonds. The van der Waals surface area contributed by atoms with Crippen LogP contribution < -0.4 is 0 Å². The molecule has 1 saturated heterocycles. The van der Waals surface area contributed by atoms with Crippen molar-refractivity contribution >= 4 is 5.91 Å². The third-order valence-corrected chi connectivity index (χ3v) is 2.90. The van der Waals surface area contributed by atoms with Crippen LogP contribution in [0.2, 0.25) is 0 Å². The number of hydrogen-bond acceptors (Lipinski definition) is 2. The van der Waals surface area contributed by atoms with Crippen molar-refractivity contribution in [2.24, 2.45) is 5.92 Å². The predicted octanol–water partition coefficient (Wildman–Crippen LogP) is 0.378. The lowest BCUT2D eigenvalue weighted by Gasteiger charge is -2.27. The number of hydrogen-bond donors (Lipinski definition) is 1. The van der Waals surface area contributed by atoms with E-state index in [4.69, 9.17) is 5.11 Å². The first-order valence-electron chi connectivity index (χ1n) is 4.68. The van der Waals surface area contributed by atoms with Crippen molar-refractivity contribution in [2.75, 3.05) is 6.54 Å². The first-order chi connectivity index (χ1) is 5.70. The average molecular weight is 169 g/mol. The van der Waals surface area contributed by atoms with E-state index in [1.165, 1.54) is 12.8 Å². The van der Waals surface area contributed by atoms with E-state index >= 15 is 0 Å². The van der Waals surface area contributed by atoms with Crippen LogP contribution in [0.25, 0.3) is 0 Å². The number of aliphatic hydroxyl groups is 1. The summed E-state index contributed by atoms with van der Waals surface area (Å²) in [5.41, 5.74) is 0. The van der Waals surface area contributed by atoms with Gasteiger partial charge in [0.2, 0.25) is 0 Å². The van der Waals surface area contributed by atoms with Gasteiger partial charge < -0.3 is 10.0 Å². The number of fused-ring (bicyclic) bond motifs is 1. The lowest BCUT2D eigenvalue weighted by molar-refractivity contribution is -0.140. The van der Waals surface area contributed by atoms with E-state index in [9.17, 15) is 4.79 Å². The molecule has 1 saturated carbocycles. The Kier molecular flexibility index (Phi) is 1.83. The first kappa shape index (κ1) is 8.05. The maximum absolute atomic E-state index is 11.4. The van der Waals surface area contributed by atoms with Gasteiger partial charge in [-0.05, 0) is 32.1 Å². The van der Waals surface area contributed by atoms with Gasteiger partial charge in [0, 0.05) is 12.6 Å². The van der Waals surface area contributed by atoms with Gasteiger partial charge in [-0.1, -0.05) is 0 Å². The largest absolute Gasteiger partial charge is 0.384 e. The van der Waals surface area contributed by atoms with Gasteiger partial charge in [0.05, 0.1) is 0 Å². The topological polar surface area (TPSA) is 40.5 Å². The molecule has 0 unspecified atom stereocenters. The van der Waals surface area contributed by atoms with E-state index < -0.39 is 6.10 Å². The summed E-state index contributed by atoms with van der Waals surface area (Å²) in [6.07, 6.45) is 2.73. The minimum absolute atomic E-state index is 0.0813. The van der Waals surface area contributed by atoms with Crippen LogP contribution in [-0.2, 0) is 4.79 Å². The Morgan fingerprint density at radius 1 is 1.67 bits per heavy atom. The molecule has 0 radical (unpaired) electrons. The van der Waals surface area contributed by atoms with Crippen LogP contribution in [-0.4, -0.2) is 34.6 Å². The van der Waals surface area contributed by atoms with E-state index in [1.54, 1.807) is 6.92 Å². The number of piperidine rings is 1. The number of aliphatic hydroxyl groups excluding tert-OH is 1. The number of nitrogens with zero attached hydrogens (tertiary/aromatic N) is 1. The SMILES string of the molecule is C[C@@H](O)C(=O)N1CCC[C@@H]2C[C@@H]21. The van der Waals surface area contributed by atoms with Crippen molar-refractivity contribution in [3.05, 3.63) is 0 Å². The summed E-state index contributed by atoms with van der Waals surface area (Å²) in [5.74, 6) is 0.670. The molecule has 0 aromatic carbocycles. The maximum Gasteiger partial charge on any atom is 0.251 e. The van der Waals surface area contributed by atoms with Crippen molar-refractivity contribution in [3.63, 3.8) is 0 Å². The van der Waals surface area contributed by atoms with Crippen LogP contribution in [0, 0.1) is 5.92 Å². The highest BCUT2D eigenvalue weighted by Gasteiger charge is 2.46. The molecule has 1 aliphatic heterocycles. The Hall–Kier alpha value is -0.570. The van der Waals surface area contributed by atoms with Crippen LogP contribution in [0.4, 0.5) is 0 Å². The number of carbonyl (C=O) groups excluding carboxylic acids is 1. The Morgan fingerprint density at radius 2 is 2.42 bits per heavy atom. The molecule has 0 aromatic heterocycles. The molecule has 3 heteroatoms. The standard InChI is InChI=1S/C9H15NO2/c1-6(11)9(12)10-4-2-3-7-5-8(7)10/h6-8,11H,2-5H2,1H3/t6-,7-,8+/m1/s1. The molecule has 3 atom stereocenters. The second kappa shape index (κ2) is 2.73.